The van der Waals surface area contributed by atoms with Gasteiger partial charge in [0, 0.05) is 6.04 Å². The topological polar surface area (TPSA) is 26.0 Å². The van der Waals surface area contributed by atoms with Gasteiger partial charge >= 0.3 is 0 Å². The summed E-state index contributed by atoms with van der Waals surface area (Å²) in [5, 5.41) is 0. The van der Waals surface area contributed by atoms with Crippen LogP contribution < -0.4 is 5.73 Å². The van der Waals surface area contributed by atoms with Gasteiger partial charge in [0.2, 0.25) is 0 Å². The van der Waals surface area contributed by atoms with Gasteiger partial charge in [-0.25, -0.2) is 0 Å². The molecule has 2 saturated carbocycles. The highest BCUT2D eigenvalue weighted by Gasteiger charge is 2.49. The predicted molar refractivity (Wildman–Crippen MR) is 56.4 cm³/mol. The lowest BCUT2D eigenvalue weighted by Crippen LogP contribution is -2.39. The Bertz CT molecular complexity index is 189. The van der Waals surface area contributed by atoms with E-state index in [1.807, 2.05) is 0 Å². The maximum atomic E-state index is 6.11. The normalized spacial score (nSPS) is 56.3. The number of rotatable bonds is 1. The molecule has 1 heteroatoms. The first kappa shape index (κ1) is 9.51. The summed E-state index contributed by atoms with van der Waals surface area (Å²) >= 11 is 0. The lowest BCUT2D eigenvalue weighted by molar-refractivity contribution is 0.117. The summed E-state index contributed by atoms with van der Waals surface area (Å²) in [5.74, 6) is 2.81. The van der Waals surface area contributed by atoms with Gasteiger partial charge in [-0.1, -0.05) is 20.8 Å². The minimum absolute atomic E-state index is 0.474. The van der Waals surface area contributed by atoms with Crippen LogP contribution in [0.1, 0.15) is 46.5 Å². The maximum Gasteiger partial charge on any atom is 0.00466 e. The average Bonchev–Trinajstić information content (AvgIpc) is 2.63. The molecule has 0 saturated heterocycles. The van der Waals surface area contributed by atoms with Gasteiger partial charge in [-0.3, -0.25) is 0 Å². The summed E-state index contributed by atoms with van der Waals surface area (Å²) in [6.45, 7) is 7.22. The SMILES string of the molecule is CC1CC(N)CC(C)([C@H]2CC2C)C1. The molecule has 76 valence electrons. The van der Waals surface area contributed by atoms with Gasteiger partial charge in [0.05, 0.1) is 0 Å². The maximum absolute atomic E-state index is 6.11. The number of hydrogen-bond acceptors (Lipinski definition) is 1. The minimum Gasteiger partial charge on any atom is -0.328 e. The van der Waals surface area contributed by atoms with Crippen LogP contribution in [0.5, 0.6) is 0 Å². The Morgan fingerprint density at radius 3 is 2.23 bits per heavy atom. The predicted octanol–water partition coefficient (Wildman–Crippen LogP) is 2.80. The molecule has 0 bridgehead atoms. The van der Waals surface area contributed by atoms with Gasteiger partial charge in [-0.05, 0) is 48.9 Å². The lowest BCUT2D eigenvalue weighted by atomic mass is 9.66. The molecular formula is C12H23N. The summed E-state index contributed by atoms with van der Waals surface area (Å²) in [4.78, 5) is 0. The van der Waals surface area contributed by atoms with Gasteiger partial charge in [0.15, 0.2) is 0 Å². The van der Waals surface area contributed by atoms with E-state index in [1.54, 1.807) is 0 Å². The summed E-state index contributed by atoms with van der Waals surface area (Å²) in [7, 11) is 0. The first-order valence-electron chi connectivity index (χ1n) is 5.77. The van der Waals surface area contributed by atoms with E-state index in [0.29, 0.717) is 11.5 Å². The molecule has 0 heterocycles. The first-order chi connectivity index (χ1) is 6.01. The molecule has 0 aromatic carbocycles. The third-order valence-electron chi connectivity index (χ3n) is 4.25. The van der Waals surface area contributed by atoms with Crippen LogP contribution in [0.3, 0.4) is 0 Å². The Morgan fingerprint density at radius 2 is 1.77 bits per heavy atom. The van der Waals surface area contributed by atoms with Crippen molar-refractivity contribution in [1.29, 1.82) is 0 Å². The Balaban J connectivity index is 2.04. The van der Waals surface area contributed by atoms with Crippen molar-refractivity contribution in [3.63, 3.8) is 0 Å². The Morgan fingerprint density at radius 1 is 1.15 bits per heavy atom. The molecule has 0 amide bonds. The van der Waals surface area contributed by atoms with E-state index in [-0.39, 0.29) is 0 Å². The van der Waals surface area contributed by atoms with Crippen molar-refractivity contribution in [2.45, 2.75) is 52.5 Å². The van der Waals surface area contributed by atoms with E-state index >= 15 is 0 Å². The third-order valence-corrected chi connectivity index (χ3v) is 4.25. The fourth-order valence-electron chi connectivity index (χ4n) is 3.76. The number of hydrogen-bond donors (Lipinski definition) is 1. The highest BCUT2D eigenvalue weighted by molar-refractivity contribution is 5.00. The molecule has 1 nitrogen and oxygen atoms in total. The van der Waals surface area contributed by atoms with Crippen LogP contribution in [0, 0.1) is 23.2 Å². The molecule has 2 N–H and O–H groups in total. The van der Waals surface area contributed by atoms with Crippen molar-refractivity contribution >= 4 is 0 Å². The second-order valence-corrected chi connectivity index (χ2v) is 5.98. The van der Waals surface area contributed by atoms with Gasteiger partial charge in [-0.2, -0.15) is 0 Å². The van der Waals surface area contributed by atoms with Crippen molar-refractivity contribution in [2.24, 2.45) is 28.9 Å². The smallest absolute Gasteiger partial charge is 0.00466 e. The largest absolute Gasteiger partial charge is 0.328 e. The number of nitrogens with two attached hydrogens (primary N) is 1. The first-order valence-corrected chi connectivity index (χ1v) is 5.77. The molecule has 2 aliphatic carbocycles. The molecule has 13 heavy (non-hydrogen) atoms. The Kier molecular flexibility index (Phi) is 2.18. The van der Waals surface area contributed by atoms with E-state index in [1.165, 1.54) is 25.7 Å². The zero-order valence-electron chi connectivity index (χ0n) is 9.22. The quantitative estimate of drug-likeness (QED) is 0.661. The van der Waals surface area contributed by atoms with Crippen LogP contribution in [-0.2, 0) is 0 Å². The van der Waals surface area contributed by atoms with Gasteiger partial charge < -0.3 is 5.73 Å². The molecule has 0 aliphatic heterocycles. The zero-order chi connectivity index (χ0) is 9.64. The van der Waals surface area contributed by atoms with Crippen molar-refractivity contribution in [2.75, 3.05) is 0 Å². The lowest BCUT2D eigenvalue weighted by Gasteiger charge is -2.41. The van der Waals surface area contributed by atoms with Gasteiger partial charge in [0.1, 0.15) is 0 Å². The van der Waals surface area contributed by atoms with Crippen molar-refractivity contribution in [1.82, 2.24) is 0 Å². The summed E-state index contributed by atoms with van der Waals surface area (Å²) in [6.07, 6.45) is 5.38. The van der Waals surface area contributed by atoms with E-state index in [2.05, 4.69) is 20.8 Å². The van der Waals surface area contributed by atoms with Crippen molar-refractivity contribution in [3.05, 3.63) is 0 Å². The van der Waals surface area contributed by atoms with E-state index in [0.717, 1.165) is 17.8 Å². The Hall–Kier alpha value is -0.0400. The fourth-order valence-corrected chi connectivity index (χ4v) is 3.76. The average molecular weight is 181 g/mol. The second-order valence-electron chi connectivity index (χ2n) is 5.98. The van der Waals surface area contributed by atoms with Crippen LogP contribution in [0.2, 0.25) is 0 Å². The summed E-state index contributed by atoms with van der Waals surface area (Å²) in [5.41, 5.74) is 6.69. The van der Waals surface area contributed by atoms with Crippen LogP contribution in [0.15, 0.2) is 0 Å². The van der Waals surface area contributed by atoms with Crippen LogP contribution in [0.25, 0.3) is 0 Å². The highest BCUT2D eigenvalue weighted by atomic mass is 14.7. The second kappa shape index (κ2) is 2.98. The van der Waals surface area contributed by atoms with Crippen LogP contribution in [-0.4, -0.2) is 6.04 Å². The fraction of sp³-hybridized carbons (Fsp3) is 1.00. The molecule has 0 spiro atoms. The van der Waals surface area contributed by atoms with Crippen LogP contribution in [0.4, 0.5) is 0 Å². The van der Waals surface area contributed by atoms with E-state index in [9.17, 15) is 0 Å². The zero-order valence-corrected chi connectivity index (χ0v) is 9.22. The summed E-state index contributed by atoms with van der Waals surface area (Å²) < 4.78 is 0. The molecule has 0 radical (unpaired) electrons. The molecule has 2 rings (SSSR count). The van der Waals surface area contributed by atoms with Crippen molar-refractivity contribution in [3.8, 4) is 0 Å². The van der Waals surface area contributed by atoms with Crippen molar-refractivity contribution < 1.29 is 0 Å². The van der Waals surface area contributed by atoms with E-state index < -0.39 is 0 Å². The molecule has 4 unspecified atom stereocenters. The van der Waals surface area contributed by atoms with Gasteiger partial charge in [-0.15, -0.1) is 0 Å². The molecular weight excluding hydrogens is 158 g/mol. The molecule has 5 atom stereocenters. The van der Waals surface area contributed by atoms with E-state index in [4.69, 9.17) is 5.73 Å². The molecule has 2 aliphatic rings. The summed E-state index contributed by atoms with van der Waals surface area (Å²) in [6, 6.07) is 0.474. The molecule has 2 fully saturated rings. The molecule has 0 aromatic heterocycles. The standard InChI is InChI=1S/C12H23N/c1-8-4-10(13)7-12(3,6-8)11-5-9(11)2/h8-11H,4-7,13H2,1-3H3/t8?,9?,10?,11-,12?/m0/s1. The highest BCUT2D eigenvalue weighted by Crippen LogP contribution is 2.57. The van der Waals surface area contributed by atoms with Crippen LogP contribution >= 0.6 is 0 Å². The van der Waals surface area contributed by atoms with Gasteiger partial charge in [0.25, 0.3) is 0 Å². The monoisotopic (exact) mass is 181 g/mol. The third kappa shape index (κ3) is 1.76. The Labute approximate surface area is 82.1 Å². The molecule has 0 aromatic rings. The minimum atomic E-state index is 0.474.